The monoisotopic (exact) mass is 450 g/mol. The molecule has 4 aromatic rings. The molecule has 0 saturated carbocycles. The lowest BCUT2D eigenvalue weighted by Gasteiger charge is -2.34. The first kappa shape index (κ1) is 21.9. The van der Waals surface area contributed by atoms with Gasteiger partial charge in [-0.15, -0.1) is 0 Å². The van der Waals surface area contributed by atoms with Gasteiger partial charge < -0.3 is 15.5 Å². The molecule has 0 amide bonds. The fourth-order valence-electron chi connectivity index (χ4n) is 4.68. The number of pyridine rings is 1. The molecule has 6 heteroatoms. The molecule has 2 aromatic carbocycles. The maximum absolute atomic E-state index is 6.73. The van der Waals surface area contributed by atoms with Crippen LogP contribution in [0.5, 0.6) is 0 Å². The van der Waals surface area contributed by atoms with E-state index in [1.165, 1.54) is 5.56 Å². The first-order valence-corrected chi connectivity index (χ1v) is 11.9. The van der Waals surface area contributed by atoms with Crippen LogP contribution in [0.15, 0.2) is 91.4 Å². The summed E-state index contributed by atoms with van der Waals surface area (Å²) in [4.78, 5) is 18.2. The fraction of sp³-hybridized carbons (Fsp3) is 0.250. The summed E-state index contributed by atoms with van der Waals surface area (Å²) in [6.07, 6.45) is 6.80. The van der Waals surface area contributed by atoms with E-state index in [1.807, 2.05) is 36.4 Å². The van der Waals surface area contributed by atoms with Gasteiger partial charge in [0.1, 0.15) is 17.8 Å². The van der Waals surface area contributed by atoms with E-state index in [9.17, 15) is 0 Å². The molecule has 34 heavy (non-hydrogen) atoms. The summed E-state index contributed by atoms with van der Waals surface area (Å²) < 4.78 is 0. The highest BCUT2D eigenvalue weighted by molar-refractivity contribution is 5.79. The molecular weight excluding hydrogens is 420 g/mol. The molecule has 172 valence electrons. The number of anilines is 4. The molecule has 1 saturated heterocycles. The Morgan fingerprint density at radius 2 is 1.47 bits per heavy atom. The summed E-state index contributed by atoms with van der Waals surface area (Å²) in [7, 11) is 0. The summed E-state index contributed by atoms with van der Waals surface area (Å²) in [5.41, 5.74) is 9.91. The quantitative estimate of drug-likeness (QED) is 0.415. The minimum atomic E-state index is 0.602. The molecule has 1 aliphatic rings. The molecule has 3 heterocycles. The van der Waals surface area contributed by atoms with Crippen LogP contribution >= 0.6 is 0 Å². The molecule has 0 atom stereocenters. The molecule has 0 spiro atoms. The Kier molecular flexibility index (Phi) is 6.66. The van der Waals surface area contributed by atoms with Crippen LogP contribution in [0.25, 0.3) is 0 Å². The third kappa shape index (κ3) is 5.01. The Hall–Kier alpha value is -3.93. The van der Waals surface area contributed by atoms with Gasteiger partial charge in [0.25, 0.3) is 0 Å². The fourth-order valence-corrected chi connectivity index (χ4v) is 4.68. The van der Waals surface area contributed by atoms with Gasteiger partial charge in [-0.25, -0.2) is 15.0 Å². The Morgan fingerprint density at radius 3 is 2.15 bits per heavy atom. The van der Waals surface area contributed by atoms with E-state index < -0.39 is 0 Å². The third-order valence-electron chi connectivity index (χ3n) is 6.49. The summed E-state index contributed by atoms with van der Waals surface area (Å²) in [6.45, 7) is 2.51. The van der Waals surface area contributed by atoms with E-state index in [2.05, 4.69) is 67.2 Å². The summed E-state index contributed by atoms with van der Waals surface area (Å²) in [5.74, 6) is 3.00. The van der Waals surface area contributed by atoms with Crippen LogP contribution in [-0.2, 0) is 13.0 Å². The number of aromatic nitrogens is 3. The highest BCUT2D eigenvalue weighted by atomic mass is 15.3. The Labute approximate surface area is 201 Å². The maximum Gasteiger partial charge on any atom is 0.163 e. The average molecular weight is 451 g/mol. The number of nitrogens with zero attached hydrogens (tertiary/aromatic N) is 5. The van der Waals surface area contributed by atoms with Gasteiger partial charge in [-0.05, 0) is 48.4 Å². The van der Waals surface area contributed by atoms with Crippen molar-refractivity contribution in [2.75, 3.05) is 28.6 Å². The van der Waals surface area contributed by atoms with E-state index in [0.717, 1.165) is 49.6 Å². The Bertz CT molecular complexity index is 1180. The number of rotatable bonds is 7. The molecule has 6 nitrogen and oxygen atoms in total. The van der Waals surface area contributed by atoms with Crippen molar-refractivity contribution in [3.8, 4) is 0 Å². The van der Waals surface area contributed by atoms with E-state index in [1.54, 1.807) is 12.5 Å². The summed E-state index contributed by atoms with van der Waals surface area (Å²) >= 11 is 0. The van der Waals surface area contributed by atoms with Crippen LogP contribution in [0.1, 0.15) is 24.0 Å². The summed E-state index contributed by atoms with van der Waals surface area (Å²) in [5, 5.41) is 0. The van der Waals surface area contributed by atoms with Crippen molar-refractivity contribution in [1.82, 2.24) is 15.0 Å². The molecule has 0 aliphatic carbocycles. The van der Waals surface area contributed by atoms with Gasteiger partial charge in [-0.3, -0.25) is 0 Å². The lowest BCUT2D eigenvalue weighted by atomic mass is 9.90. The second-order valence-electron chi connectivity index (χ2n) is 8.81. The SMILES string of the molecule is Nc1c(N2CCC(Cc3ccccc3)CC2)ncnc1N(Cc1ccccc1)c1ccccn1. The normalized spacial score (nSPS) is 14.2. The van der Waals surface area contributed by atoms with Crippen molar-refractivity contribution < 1.29 is 0 Å². The van der Waals surface area contributed by atoms with Gasteiger partial charge in [0.2, 0.25) is 0 Å². The smallest absolute Gasteiger partial charge is 0.163 e. The highest BCUT2D eigenvalue weighted by Crippen LogP contribution is 2.35. The highest BCUT2D eigenvalue weighted by Gasteiger charge is 2.25. The van der Waals surface area contributed by atoms with Crippen LogP contribution in [0.3, 0.4) is 0 Å². The standard InChI is InChI=1S/C28H30N6/c29-26-27(33-17-14-23(15-18-33)19-22-9-3-1-4-10-22)31-21-32-28(26)34(25-13-7-8-16-30-25)20-24-11-5-2-6-12-24/h1-13,16,21,23H,14-15,17-20,29H2. The predicted octanol–water partition coefficient (Wildman–Crippen LogP) is 5.25. The molecule has 0 radical (unpaired) electrons. The molecule has 1 fully saturated rings. The number of benzene rings is 2. The Balaban J connectivity index is 1.36. The van der Waals surface area contributed by atoms with Crippen LogP contribution in [0, 0.1) is 5.92 Å². The van der Waals surface area contributed by atoms with E-state index >= 15 is 0 Å². The van der Waals surface area contributed by atoms with Crippen molar-refractivity contribution in [2.24, 2.45) is 5.92 Å². The molecular formula is C28H30N6. The zero-order chi connectivity index (χ0) is 23.2. The summed E-state index contributed by atoms with van der Waals surface area (Å²) in [6, 6.07) is 27.0. The average Bonchev–Trinajstić information content (AvgIpc) is 2.90. The first-order chi connectivity index (χ1) is 16.8. The second-order valence-corrected chi connectivity index (χ2v) is 8.81. The minimum absolute atomic E-state index is 0.602. The van der Waals surface area contributed by atoms with Crippen LogP contribution < -0.4 is 15.5 Å². The number of piperidine rings is 1. The van der Waals surface area contributed by atoms with E-state index in [4.69, 9.17) is 5.73 Å². The topological polar surface area (TPSA) is 71.2 Å². The first-order valence-electron chi connectivity index (χ1n) is 11.9. The zero-order valence-electron chi connectivity index (χ0n) is 19.3. The molecule has 0 bridgehead atoms. The Morgan fingerprint density at radius 1 is 0.794 bits per heavy atom. The predicted molar refractivity (Wildman–Crippen MR) is 138 cm³/mol. The molecule has 0 unspecified atom stereocenters. The molecule has 2 N–H and O–H groups in total. The van der Waals surface area contributed by atoms with Crippen LogP contribution in [-0.4, -0.2) is 28.0 Å². The van der Waals surface area contributed by atoms with Crippen LogP contribution in [0.2, 0.25) is 0 Å². The van der Waals surface area contributed by atoms with Crippen molar-refractivity contribution >= 4 is 23.1 Å². The van der Waals surface area contributed by atoms with Crippen molar-refractivity contribution in [3.05, 3.63) is 103 Å². The van der Waals surface area contributed by atoms with Crippen molar-refractivity contribution in [2.45, 2.75) is 25.8 Å². The molecule has 2 aromatic heterocycles. The van der Waals surface area contributed by atoms with Crippen LogP contribution in [0.4, 0.5) is 23.1 Å². The number of hydrogen-bond acceptors (Lipinski definition) is 6. The third-order valence-corrected chi connectivity index (χ3v) is 6.49. The van der Waals surface area contributed by atoms with Gasteiger partial charge in [0.05, 0.1) is 6.54 Å². The zero-order valence-corrected chi connectivity index (χ0v) is 19.3. The number of hydrogen-bond donors (Lipinski definition) is 1. The number of nitrogens with two attached hydrogens (primary N) is 1. The molecule has 1 aliphatic heterocycles. The second kappa shape index (κ2) is 10.3. The molecule has 5 rings (SSSR count). The van der Waals surface area contributed by atoms with Gasteiger partial charge >= 0.3 is 0 Å². The minimum Gasteiger partial charge on any atom is -0.393 e. The van der Waals surface area contributed by atoms with Gasteiger partial charge in [-0.1, -0.05) is 66.7 Å². The largest absolute Gasteiger partial charge is 0.393 e. The lowest BCUT2D eigenvalue weighted by Crippen LogP contribution is -2.35. The number of nitrogen functional groups attached to an aromatic ring is 1. The van der Waals surface area contributed by atoms with Crippen molar-refractivity contribution in [1.29, 1.82) is 0 Å². The van der Waals surface area contributed by atoms with Gasteiger partial charge in [0, 0.05) is 19.3 Å². The van der Waals surface area contributed by atoms with E-state index in [-0.39, 0.29) is 0 Å². The lowest BCUT2D eigenvalue weighted by molar-refractivity contribution is 0.402. The van der Waals surface area contributed by atoms with Gasteiger partial charge in [-0.2, -0.15) is 0 Å². The van der Waals surface area contributed by atoms with Crippen molar-refractivity contribution in [3.63, 3.8) is 0 Å². The van der Waals surface area contributed by atoms with Gasteiger partial charge in [0.15, 0.2) is 11.6 Å². The van der Waals surface area contributed by atoms with E-state index in [0.29, 0.717) is 24.0 Å². The maximum atomic E-state index is 6.73.